The number of halogens is 1. The number of sulfone groups is 2. The van der Waals surface area contributed by atoms with Crippen molar-refractivity contribution in [3.63, 3.8) is 0 Å². The van der Waals surface area contributed by atoms with Gasteiger partial charge < -0.3 is 10.4 Å². The van der Waals surface area contributed by atoms with Crippen LogP contribution in [0, 0.1) is 0 Å². The number of fused-ring (bicyclic) bond motifs is 1. The van der Waals surface area contributed by atoms with Crippen LogP contribution < -0.4 is 5.32 Å². The molecule has 0 aliphatic heterocycles. The average Bonchev–Trinajstić information content (AvgIpc) is 3.11. The fourth-order valence-corrected chi connectivity index (χ4v) is 9.36. The van der Waals surface area contributed by atoms with Crippen molar-refractivity contribution in [2.24, 2.45) is 25.4 Å². The van der Waals surface area contributed by atoms with Gasteiger partial charge in [0.25, 0.3) is 20.2 Å². The van der Waals surface area contributed by atoms with E-state index in [0.29, 0.717) is 6.07 Å². The molecular weight excluding hydrogens is 908 g/mol. The maximum absolute atomic E-state index is 13.0. The van der Waals surface area contributed by atoms with E-state index in [9.17, 15) is 61.1 Å². The van der Waals surface area contributed by atoms with Gasteiger partial charge >= 0.3 is 10.4 Å². The summed E-state index contributed by atoms with van der Waals surface area (Å²) >= 11 is 5.52. The molecule has 0 unspecified atom stereocenters. The minimum absolute atomic E-state index is 0.00236. The number of phenolic OH excluding ortho intramolecular Hbond substituents is 1. The lowest BCUT2D eigenvalue weighted by Gasteiger charge is -2.12. The van der Waals surface area contributed by atoms with Crippen molar-refractivity contribution in [3.05, 3.63) is 60.7 Å². The predicted octanol–water partition coefficient (Wildman–Crippen LogP) is 5.17. The van der Waals surface area contributed by atoms with Crippen molar-refractivity contribution >= 4 is 119 Å². The number of carbonyl (C=O) groups excluding carboxylic acids is 1. The molecule has 4 aromatic rings. The van der Waals surface area contributed by atoms with E-state index in [4.69, 9.17) is 16.2 Å². The van der Waals surface area contributed by atoms with Gasteiger partial charge in [-0.1, -0.05) is 6.07 Å². The summed E-state index contributed by atoms with van der Waals surface area (Å²) in [4.78, 5) is 14.9. The Hall–Kier alpha value is -4.84. The Balaban J connectivity index is 1.81. The molecule has 1 amide bonds. The number of benzene rings is 4. The van der Waals surface area contributed by atoms with Crippen molar-refractivity contribution in [3.8, 4) is 5.75 Å². The highest BCUT2D eigenvalue weighted by Gasteiger charge is 2.23. The first-order chi connectivity index (χ1) is 27.3. The molecule has 4 aromatic carbocycles. The van der Waals surface area contributed by atoms with E-state index in [1.165, 1.54) is 12.1 Å². The molecule has 0 aliphatic rings. The molecule has 0 bridgehead atoms. The number of nitrogens with one attached hydrogen (secondary N) is 1. The third-order valence-electron chi connectivity index (χ3n) is 7.68. The van der Waals surface area contributed by atoms with E-state index in [0.717, 1.165) is 42.5 Å². The number of anilines is 1. The maximum Gasteiger partial charge on any atom is 0.397 e. The summed E-state index contributed by atoms with van der Waals surface area (Å²) in [6.07, 6.45) is -0.536. The Labute approximate surface area is 342 Å². The smallest absolute Gasteiger partial charge is 0.397 e. The summed E-state index contributed by atoms with van der Waals surface area (Å²) in [6.45, 7) is 2.52. The van der Waals surface area contributed by atoms with E-state index >= 15 is 0 Å². The van der Waals surface area contributed by atoms with Gasteiger partial charge in [0, 0.05) is 18.4 Å². The number of nitrogens with zero attached hydrogens (tertiary/aromatic N) is 5. The lowest BCUT2D eigenvalue weighted by Crippen LogP contribution is -2.16. The largest absolute Gasteiger partial charge is 0.507 e. The molecule has 0 heterocycles. The molecule has 22 nitrogen and oxygen atoms in total. The van der Waals surface area contributed by atoms with E-state index in [2.05, 4.69) is 41.7 Å². The van der Waals surface area contributed by atoms with E-state index < -0.39 is 101 Å². The fourth-order valence-electron chi connectivity index (χ4n) is 4.98. The highest BCUT2D eigenvalue weighted by molar-refractivity contribution is 7.91. The van der Waals surface area contributed by atoms with Crippen LogP contribution >= 0.6 is 11.6 Å². The molecule has 0 aromatic heterocycles. The number of hydrogen-bond acceptors (Lipinski definition) is 18. The summed E-state index contributed by atoms with van der Waals surface area (Å²) < 4.78 is 152. The van der Waals surface area contributed by atoms with Crippen molar-refractivity contribution in [2.45, 2.75) is 27.5 Å². The van der Waals surface area contributed by atoms with Crippen LogP contribution in [-0.4, -0.2) is 103 Å². The minimum atomic E-state index is -5.21. The second-order valence-corrected chi connectivity index (χ2v) is 20.6. The van der Waals surface area contributed by atoms with Gasteiger partial charge in [-0.2, -0.15) is 30.4 Å². The zero-order valence-corrected chi connectivity index (χ0v) is 34.6. The molecule has 0 fully saturated rings. The van der Waals surface area contributed by atoms with Gasteiger partial charge in [0.15, 0.2) is 19.7 Å². The average molecular weight is 939 g/mol. The third kappa shape index (κ3) is 13.1. The molecule has 5 N–H and O–H groups in total. The van der Waals surface area contributed by atoms with Gasteiger partial charge in [0.05, 0.1) is 56.1 Å². The second kappa shape index (κ2) is 18.6. The highest BCUT2D eigenvalue weighted by Crippen LogP contribution is 2.44. The first-order valence-corrected chi connectivity index (χ1v) is 24.3. The molecule has 59 heavy (non-hydrogen) atoms. The molecule has 4 rings (SSSR count). The number of hydrogen-bond donors (Lipinski definition) is 5. The molecule has 0 radical (unpaired) electrons. The Kier molecular flexibility index (Phi) is 14.8. The SMILES string of the molecule is C=Nc1ccc2cc(S(=O)(=O)O)cc(O)c2c1/N=N/c1cc(NC(=O)CCCS(=O)(=O)CCCl)c(/N=N/c2ccc(S(=O)(=O)CCOS(=O)(=O)O)cc2)cc1S(=O)(=O)O. The first kappa shape index (κ1) is 46.8. The lowest BCUT2D eigenvalue weighted by molar-refractivity contribution is -0.116. The fraction of sp³-hybridized carbons (Fsp3) is 0.226. The standard InChI is InChI=1S/C31H31ClN6O16S5/c1-33-23-9-4-19-15-22(57(45,46)47)16-27(39)30(19)31(23)38-37-26-17-24(34-29(40)3-2-12-55(41,42)13-10-32)25(18-28(26)58(48,49)50)36-35-20-5-7-21(8-6-20)56(43,44)14-11-54-59(51,52)53/h4-9,15-18,39H,1-3,10-14H2,(H,34,40)(H,45,46,47)(H,48,49,50)(H,51,52,53)/b36-35+,38-37+. The number of aromatic hydroxyl groups is 1. The maximum atomic E-state index is 13.0. The Morgan fingerprint density at radius 3 is 1.98 bits per heavy atom. The van der Waals surface area contributed by atoms with Gasteiger partial charge in [-0.05, 0) is 67.1 Å². The molecule has 318 valence electrons. The number of azo groups is 2. The van der Waals surface area contributed by atoms with Gasteiger partial charge in [0.2, 0.25) is 5.91 Å². The highest BCUT2D eigenvalue weighted by atomic mass is 35.5. The van der Waals surface area contributed by atoms with Crippen LogP contribution in [0.4, 0.5) is 34.1 Å². The van der Waals surface area contributed by atoms with Gasteiger partial charge in [-0.15, -0.1) is 26.9 Å². The van der Waals surface area contributed by atoms with E-state index in [1.807, 2.05) is 0 Å². The molecule has 0 saturated carbocycles. The van der Waals surface area contributed by atoms with Crippen LogP contribution in [0.2, 0.25) is 0 Å². The van der Waals surface area contributed by atoms with Gasteiger partial charge in [-0.25, -0.2) is 21.0 Å². The number of alkyl halides is 1. The molecule has 0 aliphatic carbocycles. The summed E-state index contributed by atoms with van der Waals surface area (Å²) in [5.41, 5.74) is -1.80. The Morgan fingerprint density at radius 1 is 0.729 bits per heavy atom. The van der Waals surface area contributed by atoms with Crippen LogP contribution in [0.15, 0.2) is 101 Å². The number of phenols is 1. The summed E-state index contributed by atoms with van der Waals surface area (Å²) in [5, 5.41) is 28.8. The van der Waals surface area contributed by atoms with Gasteiger partial charge in [-0.3, -0.25) is 23.4 Å². The van der Waals surface area contributed by atoms with Crippen LogP contribution in [0.5, 0.6) is 5.75 Å². The number of aliphatic imine (C=N–C) groups is 1. The van der Waals surface area contributed by atoms with Crippen molar-refractivity contribution < 1.29 is 69.8 Å². The number of rotatable bonds is 19. The number of amides is 1. The molecule has 28 heteroatoms. The van der Waals surface area contributed by atoms with Crippen LogP contribution in [0.25, 0.3) is 10.8 Å². The third-order valence-corrected chi connectivity index (χ3v) is 13.7. The molecule has 0 atom stereocenters. The van der Waals surface area contributed by atoms with Crippen molar-refractivity contribution in [1.29, 1.82) is 0 Å². The Morgan fingerprint density at radius 2 is 1.39 bits per heavy atom. The van der Waals surface area contributed by atoms with Gasteiger partial charge in [0.1, 0.15) is 27.7 Å². The Bertz CT molecular complexity index is 2930. The van der Waals surface area contributed by atoms with Crippen molar-refractivity contribution in [1.82, 2.24) is 0 Å². The van der Waals surface area contributed by atoms with Crippen LogP contribution in [-0.2, 0) is 59.3 Å². The monoisotopic (exact) mass is 938 g/mol. The molecular formula is C31H31ClN6O16S5. The van der Waals surface area contributed by atoms with Crippen LogP contribution in [0.3, 0.4) is 0 Å². The van der Waals surface area contributed by atoms with Crippen LogP contribution in [0.1, 0.15) is 12.8 Å². The molecule has 0 saturated heterocycles. The summed E-state index contributed by atoms with van der Waals surface area (Å²) in [7, 11) is -22.6. The lowest BCUT2D eigenvalue weighted by atomic mass is 10.1. The minimum Gasteiger partial charge on any atom is -0.507 e. The number of carbonyl (C=O) groups is 1. The topological polar surface area (TPSA) is 352 Å². The predicted molar refractivity (Wildman–Crippen MR) is 212 cm³/mol. The summed E-state index contributed by atoms with van der Waals surface area (Å²) in [5.74, 6) is -3.26. The van der Waals surface area contributed by atoms with E-state index in [-0.39, 0.29) is 62.9 Å². The summed E-state index contributed by atoms with van der Waals surface area (Å²) in [6, 6.07) is 10.3. The first-order valence-electron chi connectivity index (χ1n) is 16.1. The van der Waals surface area contributed by atoms with E-state index in [1.54, 1.807) is 0 Å². The normalized spacial score (nSPS) is 13.0. The zero-order valence-electron chi connectivity index (χ0n) is 29.8. The molecule has 0 spiro atoms. The zero-order chi connectivity index (χ0) is 44.0. The second-order valence-electron chi connectivity index (χ2n) is 11.9. The van der Waals surface area contributed by atoms with Crippen molar-refractivity contribution in [2.75, 3.05) is 35.1 Å². The quantitative estimate of drug-likeness (QED) is 0.0350.